The van der Waals surface area contributed by atoms with Crippen molar-refractivity contribution in [3.8, 4) is 33.1 Å². The number of fused-ring (bicyclic) bond motifs is 1. The summed E-state index contributed by atoms with van der Waals surface area (Å²) in [6.45, 7) is 3.95. The molecule has 9 nitrogen and oxygen atoms in total. The van der Waals surface area contributed by atoms with Crippen LogP contribution in [-0.4, -0.2) is 31.6 Å². The van der Waals surface area contributed by atoms with Crippen molar-refractivity contribution < 1.29 is 4.74 Å². The van der Waals surface area contributed by atoms with Gasteiger partial charge in [0.1, 0.15) is 5.82 Å². The minimum Gasteiger partial charge on any atom is -0.481 e. The van der Waals surface area contributed by atoms with Crippen molar-refractivity contribution in [2.45, 2.75) is 19.9 Å². The van der Waals surface area contributed by atoms with E-state index in [0.717, 1.165) is 43.3 Å². The van der Waals surface area contributed by atoms with E-state index in [9.17, 15) is 4.79 Å². The average Bonchev–Trinajstić information content (AvgIpc) is 3.43. The smallest absolute Gasteiger partial charge is 0.263 e. The Morgan fingerprint density at radius 2 is 1.80 bits per heavy atom. The number of nitrogens with two attached hydrogens (primary N) is 1. The maximum atomic E-state index is 14.4. The number of aryl methyl sites for hydroxylation is 1. The van der Waals surface area contributed by atoms with Crippen molar-refractivity contribution in [3.63, 3.8) is 0 Å². The molecular formula is C31H27N7O2S. The summed E-state index contributed by atoms with van der Waals surface area (Å²) in [6.07, 6.45) is 5.18. The molecule has 0 aliphatic carbocycles. The molecule has 4 aromatic heterocycles. The van der Waals surface area contributed by atoms with Crippen molar-refractivity contribution in [2.75, 3.05) is 18.2 Å². The van der Waals surface area contributed by atoms with Gasteiger partial charge in [-0.15, -0.1) is 11.3 Å². The van der Waals surface area contributed by atoms with Gasteiger partial charge in [0.25, 0.3) is 5.56 Å². The molecular weight excluding hydrogens is 534 g/mol. The Kier molecular flexibility index (Phi) is 6.90. The molecule has 0 aliphatic heterocycles. The van der Waals surface area contributed by atoms with Crippen LogP contribution in [0.2, 0.25) is 0 Å². The molecule has 3 N–H and O–H groups in total. The van der Waals surface area contributed by atoms with E-state index in [1.54, 1.807) is 41.6 Å². The van der Waals surface area contributed by atoms with Crippen molar-refractivity contribution in [3.05, 3.63) is 106 Å². The minimum absolute atomic E-state index is 0.135. The summed E-state index contributed by atoms with van der Waals surface area (Å²) in [4.78, 5) is 32.7. The quantitative estimate of drug-likeness (QED) is 0.242. The Morgan fingerprint density at radius 1 is 0.976 bits per heavy atom. The molecule has 6 aromatic rings. The number of methoxy groups -OCH3 is 1. The van der Waals surface area contributed by atoms with Crippen molar-refractivity contribution >= 4 is 33.9 Å². The van der Waals surface area contributed by atoms with E-state index in [1.165, 1.54) is 0 Å². The van der Waals surface area contributed by atoms with E-state index >= 15 is 0 Å². The SMILES string of the molecule is COc1cc(-c2cccc3cc(C(C)Nc4nc(N)ncc4-c4cnc(C)s4)n(-c4ccccc4)c(=O)c23)ccn1. The van der Waals surface area contributed by atoms with Crippen molar-refractivity contribution in [1.29, 1.82) is 0 Å². The lowest BCUT2D eigenvalue weighted by molar-refractivity contribution is 0.398. The second-order valence-corrected chi connectivity index (χ2v) is 10.7. The normalized spacial score (nSPS) is 11.9. The number of nitrogens with zero attached hydrogens (tertiary/aromatic N) is 5. The van der Waals surface area contributed by atoms with Gasteiger partial charge in [0.05, 0.1) is 34.0 Å². The fourth-order valence-electron chi connectivity index (χ4n) is 4.92. The second kappa shape index (κ2) is 10.8. The highest BCUT2D eigenvalue weighted by Crippen LogP contribution is 2.34. The van der Waals surface area contributed by atoms with Crippen LogP contribution in [0.3, 0.4) is 0 Å². The number of hydrogen-bond acceptors (Lipinski definition) is 9. The van der Waals surface area contributed by atoms with Gasteiger partial charge in [-0.25, -0.2) is 15.0 Å². The molecule has 4 heterocycles. The van der Waals surface area contributed by atoms with Crippen LogP contribution in [0.25, 0.3) is 38.0 Å². The number of benzene rings is 2. The van der Waals surface area contributed by atoms with Crippen LogP contribution >= 0.6 is 11.3 Å². The first-order valence-electron chi connectivity index (χ1n) is 13.0. The van der Waals surface area contributed by atoms with Gasteiger partial charge in [-0.2, -0.15) is 4.98 Å². The van der Waals surface area contributed by atoms with Crippen LogP contribution in [0.5, 0.6) is 5.88 Å². The van der Waals surface area contributed by atoms with E-state index in [-0.39, 0.29) is 17.5 Å². The lowest BCUT2D eigenvalue weighted by Crippen LogP contribution is -2.26. The molecule has 0 saturated carbocycles. The molecule has 0 radical (unpaired) electrons. The van der Waals surface area contributed by atoms with E-state index in [2.05, 4.69) is 25.3 Å². The maximum Gasteiger partial charge on any atom is 0.263 e. The number of hydrogen-bond donors (Lipinski definition) is 2. The van der Waals surface area contributed by atoms with Gasteiger partial charge in [-0.3, -0.25) is 9.36 Å². The first-order chi connectivity index (χ1) is 19.9. The zero-order valence-electron chi connectivity index (χ0n) is 22.7. The molecule has 0 fully saturated rings. The lowest BCUT2D eigenvalue weighted by Gasteiger charge is -2.23. The Labute approximate surface area is 240 Å². The minimum atomic E-state index is -0.334. The first kappa shape index (κ1) is 26.1. The lowest BCUT2D eigenvalue weighted by atomic mass is 9.98. The fraction of sp³-hybridized carbons (Fsp3) is 0.129. The molecule has 2 aromatic carbocycles. The predicted octanol–water partition coefficient (Wildman–Crippen LogP) is 6.04. The summed E-state index contributed by atoms with van der Waals surface area (Å²) < 4.78 is 7.10. The summed E-state index contributed by atoms with van der Waals surface area (Å²) in [5, 5.41) is 5.86. The van der Waals surface area contributed by atoms with Gasteiger partial charge in [0.2, 0.25) is 11.8 Å². The number of rotatable bonds is 7. The topological polar surface area (TPSA) is 121 Å². The summed E-state index contributed by atoms with van der Waals surface area (Å²) in [7, 11) is 1.57. The Balaban J connectivity index is 1.54. The third-order valence-electron chi connectivity index (χ3n) is 6.84. The van der Waals surface area contributed by atoms with E-state index < -0.39 is 0 Å². The third-order valence-corrected chi connectivity index (χ3v) is 7.78. The third kappa shape index (κ3) is 5.01. The van der Waals surface area contributed by atoms with E-state index in [0.29, 0.717) is 17.1 Å². The molecule has 1 atom stereocenters. The van der Waals surface area contributed by atoms with E-state index in [1.807, 2.05) is 80.6 Å². The number of anilines is 2. The average molecular weight is 562 g/mol. The Hall–Kier alpha value is -5.09. The van der Waals surface area contributed by atoms with Crippen molar-refractivity contribution in [1.82, 2.24) is 24.5 Å². The number of nitrogens with one attached hydrogen (secondary N) is 1. The van der Waals surface area contributed by atoms with Crippen LogP contribution in [0.15, 0.2) is 90.1 Å². The number of thiazole rings is 1. The summed E-state index contributed by atoms with van der Waals surface area (Å²) >= 11 is 1.55. The molecule has 0 aliphatic rings. The molecule has 204 valence electrons. The number of pyridine rings is 2. The van der Waals surface area contributed by atoms with Gasteiger partial charge in [0, 0.05) is 36.0 Å². The number of aromatic nitrogens is 5. The summed E-state index contributed by atoms with van der Waals surface area (Å²) in [5.41, 5.74) is 9.82. The number of nitrogen functional groups attached to an aromatic ring is 1. The predicted molar refractivity (Wildman–Crippen MR) is 164 cm³/mol. The van der Waals surface area contributed by atoms with Gasteiger partial charge in [-0.1, -0.05) is 36.4 Å². The van der Waals surface area contributed by atoms with Gasteiger partial charge < -0.3 is 15.8 Å². The van der Waals surface area contributed by atoms with Crippen LogP contribution < -0.4 is 21.3 Å². The molecule has 0 spiro atoms. The molecule has 41 heavy (non-hydrogen) atoms. The van der Waals surface area contributed by atoms with Crippen LogP contribution in [0, 0.1) is 6.92 Å². The fourth-order valence-corrected chi connectivity index (χ4v) is 5.71. The zero-order chi connectivity index (χ0) is 28.5. The van der Waals surface area contributed by atoms with Crippen molar-refractivity contribution in [2.24, 2.45) is 0 Å². The Bertz CT molecular complexity index is 1940. The Morgan fingerprint density at radius 3 is 2.56 bits per heavy atom. The highest BCUT2D eigenvalue weighted by molar-refractivity contribution is 7.15. The van der Waals surface area contributed by atoms with Crippen LogP contribution in [0.4, 0.5) is 11.8 Å². The van der Waals surface area contributed by atoms with Crippen LogP contribution in [0.1, 0.15) is 23.7 Å². The molecule has 0 saturated heterocycles. The molecule has 6 rings (SSSR count). The molecule has 0 bridgehead atoms. The second-order valence-electron chi connectivity index (χ2n) is 9.50. The van der Waals surface area contributed by atoms with Gasteiger partial charge in [0.15, 0.2) is 0 Å². The summed E-state index contributed by atoms with van der Waals surface area (Å²) in [6, 6.07) is 20.9. The number of para-hydroxylation sites is 1. The maximum absolute atomic E-state index is 14.4. The monoisotopic (exact) mass is 561 g/mol. The van der Waals surface area contributed by atoms with Gasteiger partial charge in [-0.05, 0) is 54.6 Å². The highest BCUT2D eigenvalue weighted by atomic mass is 32.1. The standard InChI is InChI=1S/C31H27N7O2S/c1-18(36-29-24(16-35-31(32)37-29)26-17-34-19(2)41-26)25-14-21-8-7-11-23(20-12-13-33-27(15-20)40-3)28(21)30(39)38(25)22-9-5-4-6-10-22/h4-18H,1-3H3,(H3,32,35,36,37). The van der Waals surface area contributed by atoms with E-state index in [4.69, 9.17) is 10.5 Å². The molecule has 1 unspecified atom stereocenters. The highest BCUT2D eigenvalue weighted by Gasteiger charge is 2.21. The molecule has 0 amide bonds. The largest absolute Gasteiger partial charge is 0.481 e. The summed E-state index contributed by atoms with van der Waals surface area (Å²) in [5.74, 6) is 1.20. The molecule has 10 heteroatoms. The first-order valence-corrected chi connectivity index (χ1v) is 13.8. The number of ether oxygens (including phenoxy) is 1. The van der Waals surface area contributed by atoms with Gasteiger partial charge >= 0.3 is 0 Å². The zero-order valence-corrected chi connectivity index (χ0v) is 23.5. The van der Waals surface area contributed by atoms with Crippen LogP contribution in [-0.2, 0) is 0 Å².